The summed E-state index contributed by atoms with van der Waals surface area (Å²) in [7, 11) is 0. The van der Waals surface area contributed by atoms with Gasteiger partial charge >= 0.3 is 0 Å². The molecule has 1 aromatic heterocycles. The van der Waals surface area contributed by atoms with Gasteiger partial charge in [-0.2, -0.15) is 0 Å². The maximum Gasteiger partial charge on any atom is 0.240 e. The highest BCUT2D eigenvalue weighted by atomic mass is 16.5. The minimum absolute atomic E-state index is 0.0561. The Balaban J connectivity index is 1.68. The van der Waals surface area contributed by atoms with Crippen molar-refractivity contribution in [1.29, 1.82) is 0 Å². The number of ether oxygens (including phenoxy) is 1. The standard InChI is InChI=1S/C16H19N5O3/c1-2-20-11-18-19-14(20)9-17-15(22)10-21-12-5-3-4-6-13(12)24-8-7-16(21)23/h3-6,11H,2,7-10H2,1H3,(H,17,22). The summed E-state index contributed by atoms with van der Waals surface area (Å²) >= 11 is 0. The Morgan fingerprint density at radius 1 is 1.38 bits per heavy atom. The SMILES string of the molecule is CCn1cnnc1CNC(=O)CN1C(=O)CCOc2ccccc21. The Labute approximate surface area is 139 Å². The van der Waals surface area contributed by atoms with Crippen LogP contribution in [-0.2, 0) is 22.7 Å². The van der Waals surface area contributed by atoms with E-state index in [1.54, 1.807) is 18.5 Å². The molecule has 1 aromatic carbocycles. The Morgan fingerprint density at radius 2 is 2.21 bits per heavy atom. The first-order valence-corrected chi connectivity index (χ1v) is 7.84. The van der Waals surface area contributed by atoms with Gasteiger partial charge in [-0.1, -0.05) is 12.1 Å². The number of carbonyl (C=O) groups is 2. The van der Waals surface area contributed by atoms with E-state index in [0.29, 0.717) is 23.9 Å². The molecule has 1 aliphatic rings. The van der Waals surface area contributed by atoms with Gasteiger partial charge < -0.3 is 14.6 Å². The number of aryl methyl sites for hydroxylation is 1. The first-order valence-electron chi connectivity index (χ1n) is 7.84. The number of nitrogens with zero attached hydrogens (tertiary/aromatic N) is 4. The normalized spacial score (nSPS) is 13.9. The largest absolute Gasteiger partial charge is 0.491 e. The van der Waals surface area contributed by atoms with Crippen LogP contribution in [0.15, 0.2) is 30.6 Å². The number of aromatic nitrogens is 3. The molecule has 0 saturated heterocycles. The molecule has 2 aromatic rings. The molecule has 0 atom stereocenters. The average Bonchev–Trinajstić information content (AvgIpc) is 2.99. The molecular formula is C16H19N5O3. The van der Waals surface area contributed by atoms with Crippen molar-refractivity contribution < 1.29 is 14.3 Å². The van der Waals surface area contributed by atoms with Gasteiger partial charge in [-0.3, -0.25) is 14.5 Å². The predicted molar refractivity (Wildman–Crippen MR) is 86.4 cm³/mol. The second kappa shape index (κ2) is 7.12. The molecule has 0 aliphatic carbocycles. The van der Waals surface area contributed by atoms with Crippen LogP contribution in [0.3, 0.4) is 0 Å². The molecule has 0 spiro atoms. The van der Waals surface area contributed by atoms with E-state index in [2.05, 4.69) is 15.5 Å². The van der Waals surface area contributed by atoms with E-state index < -0.39 is 0 Å². The lowest BCUT2D eigenvalue weighted by molar-refractivity contribution is -0.124. The lowest BCUT2D eigenvalue weighted by Crippen LogP contribution is -2.40. The van der Waals surface area contributed by atoms with E-state index in [1.807, 2.05) is 23.6 Å². The topological polar surface area (TPSA) is 89.4 Å². The molecule has 8 nitrogen and oxygen atoms in total. The van der Waals surface area contributed by atoms with Crippen LogP contribution in [0.5, 0.6) is 5.75 Å². The fourth-order valence-corrected chi connectivity index (χ4v) is 2.55. The summed E-state index contributed by atoms with van der Waals surface area (Å²) in [6.45, 7) is 3.23. The molecule has 24 heavy (non-hydrogen) atoms. The Morgan fingerprint density at radius 3 is 3.04 bits per heavy atom. The number of amides is 2. The van der Waals surface area contributed by atoms with Gasteiger partial charge in [-0.05, 0) is 19.1 Å². The van der Waals surface area contributed by atoms with Gasteiger partial charge in [0.2, 0.25) is 11.8 Å². The fourth-order valence-electron chi connectivity index (χ4n) is 2.55. The molecule has 0 radical (unpaired) electrons. The van der Waals surface area contributed by atoms with Crippen molar-refractivity contribution in [2.24, 2.45) is 0 Å². The maximum absolute atomic E-state index is 12.3. The third kappa shape index (κ3) is 3.37. The van der Waals surface area contributed by atoms with E-state index >= 15 is 0 Å². The second-order valence-corrected chi connectivity index (χ2v) is 5.36. The molecule has 0 fully saturated rings. The molecule has 2 amide bonds. The molecular weight excluding hydrogens is 310 g/mol. The number of para-hydroxylation sites is 2. The van der Waals surface area contributed by atoms with Crippen LogP contribution in [-0.4, -0.2) is 39.7 Å². The molecule has 0 unspecified atom stereocenters. The third-order valence-corrected chi connectivity index (χ3v) is 3.81. The van der Waals surface area contributed by atoms with Crippen molar-refractivity contribution >= 4 is 17.5 Å². The van der Waals surface area contributed by atoms with E-state index in [9.17, 15) is 9.59 Å². The molecule has 0 bridgehead atoms. The molecule has 8 heteroatoms. The first kappa shape index (κ1) is 16.0. The van der Waals surface area contributed by atoms with Crippen molar-refractivity contribution in [3.63, 3.8) is 0 Å². The van der Waals surface area contributed by atoms with Gasteiger partial charge in [0.25, 0.3) is 0 Å². The number of hydrogen-bond donors (Lipinski definition) is 1. The summed E-state index contributed by atoms with van der Waals surface area (Å²) in [6.07, 6.45) is 1.86. The van der Waals surface area contributed by atoms with E-state index in [1.165, 1.54) is 4.90 Å². The van der Waals surface area contributed by atoms with Crippen LogP contribution in [0, 0.1) is 0 Å². The number of nitrogens with one attached hydrogen (secondary N) is 1. The van der Waals surface area contributed by atoms with E-state index in [4.69, 9.17) is 4.74 Å². The number of fused-ring (bicyclic) bond motifs is 1. The van der Waals surface area contributed by atoms with Gasteiger partial charge in [0.15, 0.2) is 5.82 Å². The summed E-state index contributed by atoms with van der Waals surface area (Å²) in [5, 5.41) is 10.6. The lowest BCUT2D eigenvalue weighted by atomic mass is 10.2. The molecule has 126 valence electrons. The smallest absolute Gasteiger partial charge is 0.240 e. The predicted octanol–water partition coefficient (Wildman–Crippen LogP) is 0.730. The fraction of sp³-hybridized carbons (Fsp3) is 0.375. The zero-order valence-electron chi connectivity index (χ0n) is 13.4. The summed E-state index contributed by atoms with van der Waals surface area (Å²) in [5.41, 5.74) is 0.617. The van der Waals surface area contributed by atoms with Gasteiger partial charge in [0.05, 0.1) is 25.3 Å². The molecule has 0 saturated carbocycles. The van der Waals surface area contributed by atoms with Gasteiger partial charge in [0, 0.05) is 6.54 Å². The van der Waals surface area contributed by atoms with Crippen LogP contribution in [0.25, 0.3) is 0 Å². The highest BCUT2D eigenvalue weighted by Crippen LogP contribution is 2.30. The Hall–Kier alpha value is -2.90. The minimum atomic E-state index is -0.259. The molecule has 2 heterocycles. The van der Waals surface area contributed by atoms with Crippen LogP contribution < -0.4 is 15.0 Å². The van der Waals surface area contributed by atoms with Crippen molar-refractivity contribution in [2.75, 3.05) is 18.1 Å². The summed E-state index contributed by atoms with van der Waals surface area (Å²) in [4.78, 5) is 26.0. The van der Waals surface area contributed by atoms with Gasteiger partial charge in [0.1, 0.15) is 18.6 Å². The number of rotatable bonds is 5. The highest BCUT2D eigenvalue weighted by molar-refractivity contribution is 6.00. The first-order chi connectivity index (χ1) is 11.7. The summed E-state index contributed by atoms with van der Waals surface area (Å²) in [6, 6.07) is 7.22. The monoisotopic (exact) mass is 329 g/mol. The number of anilines is 1. The number of carbonyl (C=O) groups excluding carboxylic acids is 2. The summed E-state index contributed by atoms with van der Waals surface area (Å²) < 4.78 is 7.41. The average molecular weight is 329 g/mol. The second-order valence-electron chi connectivity index (χ2n) is 5.36. The van der Waals surface area contributed by atoms with Crippen LogP contribution >= 0.6 is 0 Å². The highest BCUT2D eigenvalue weighted by Gasteiger charge is 2.25. The van der Waals surface area contributed by atoms with Gasteiger partial charge in [-0.15, -0.1) is 10.2 Å². The van der Waals surface area contributed by atoms with Gasteiger partial charge in [-0.25, -0.2) is 0 Å². The van der Waals surface area contributed by atoms with E-state index in [0.717, 1.165) is 6.54 Å². The number of hydrogen-bond acceptors (Lipinski definition) is 5. The number of benzene rings is 1. The molecule has 1 N–H and O–H groups in total. The Bertz CT molecular complexity index is 743. The van der Waals surface area contributed by atoms with Crippen LogP contribution in [0.1, 0.15) is 19.2 Å². The van der Waals surface area contributed by atoms with Crippen molar-refractivity contribution in [3.05, 3.63) is 36.4 Å². The zero-order chi connectivity index (χ0) is 16.9. The van der Waals surface area contributed by atoms with E-state index in [-0.39, 0.29) is 31.3 Å². The van der Waals surface area contributed by atoms with Crippen molar-refractivity contribution in [2.45, 2.75) is 26.4 Å². The quantitative estimate of drug-likeness (QED) is 0.873. The zero-order valence-corrected chi connectivity index (χ0v) is 13.4. The minimum Gasteiger partial charge on any atom is -0.491 e. The van der Waals surface area contributed by atoms with Crippen LogP contribution in [0.2, 0.25) is 0 Å². The molecule has 3 rings (SSSR count). The van der Waals surface area contributed by atoms with Crippen LogP contribution in [0.4, 0.5) is 5.69 Å². The van der Waals surface area contributed by atoms with Crippen molar-refractivity contribution in [3.8, 4) is 5.75 Å². The third-order valence-electron chi connectivity index (χ3n) is 3.81. The summed E-state index contributed by atoms with van der Waals surface area (Å²) in [5.74, 6) is 0.899. The lowest BCUT2D eigenvalue weighted by Gasteiger charge is -2.21. The van der Waals surface area contributed by atoms with Crippen molar-refractivity contribution in [1.82, 2.24) is 20.1 Å². The maximum atomic E-state index is 12.3. The Kier molecular flexibility index (Phi) is 4.74. The molecule has 1 aliphatic heterocycles.